The molecule has 1 atom stereocenters. The van der Waals surface area contributed by atoms with Crippen molar-refractivity contribution in [1.82, 2.24) is 0 Å². The van der Waals surface area contributed by atoms with Gasteiger partial charge >= 0.3 is 0 Å². The molecule has 1 heterocycles. The maximum absolute atomic E-state index is 11.6. The maximum Gasteiger partial charge on any atom is 0.0283 e. The number of rotatable bonds is 6. The van der Waals surface area contributed by atoms with E-state index in [-0.39, 0.29) is 0 Å². The quantitative estimate of drug-likeness (QED) is 0.734. The Morgan fingerprint density at radius 1 is 1.43 bits per heavy atom. The third-order valence-corrected chi connectivity index (χ3v) is 4.37. The zero-order chi connectivity index (χ0) is 10.4. The van der Waals surface area contributed by atoms with Gasteiger partial charge in [0.1, 0.15) is 0 Å². The minimum atomic E-state index is -0.619. The van der Waals surface area contributed by atoms with Crippen LogP contribution in [0.4, 0.5) is 0 Å². The molecule has 0 aliphatic rings. The summed E-state index contributed by atoms with van der Waals surface area (Å²) in [6.07, 6.45) is 2.05. The molecule has 1 nitrogen and oxygen atoms in total. The monoisotopic (exact) mass is 230 g/mol. The van der Waals surface area contributed by atoms with Crippen LogP contribution in [-0.4, -0.2) is 15.7 Å². The van der Waals surface area contributed by atoms with E-state index >= 15 is 0 Å². The lowest BCUT2D eigenvalue weighted by molar-refractivity contribution is 0.619. The van der Waals surface area contributed by atoms with Crippen LogP contribution in [0, 0.1) is 5.92 Å². The van der Waals surface area contributed by atoms with E-state index in [0.29, 0.717) is 5.92 Å². The lowest BCUT2D eigenvalue weighted by atomic mass is 10.2. The Balaban J connectivity index is 2.15. The molecule has 1 rings (SSSR count). The van der Waals surface area contributed by atoms with Crippen molar-refractivity contribution in [3.05, 3.63) is 22.4 Å². The van der Waals surface area contributed by atoms with Gasteiger partial charge < -0.3 is 0 Å². The molecule has 14 heavy (non-hydrogen) atoms. The van der Waals surface area contributed by atoms with E-state index in [4.69, 9.17) is 0 Å². The van der Waals surface area contributed by atoms with Crippen molar-refractivity contribution in [3.8, 4) is 0 Å². The van der Waals surface area contributed by atoms with Crippen LogP contribution in [0.3, 0.4) is 0 Å². The number of hydrogen-bond donors (Lipinski definition) is 0. The van der Waals surface area contributed by atoms with Crippen molar-refractivity contribution in [1.29, 1.82) is 0 Å². The van der Waals surface area contributed by atoms with E-state index in [1.165, 1.54) is 4.88 Å². The fraction of sp³-hybridized carbons (Fsp3) is 0.636. The fourth-order valence-electron chi connectivity index (χ4n) is 1.14. The highest BCUT2D eigenvalue weighted by Crippen LogP contribution is 2.10. The molecule has 0 amide bonds. The number of thiophene rings is 1. The van der Waals surface area contributed by atoms with E-state index in [2.05, 4.69) is 31.4 Å². The highest BCUT2D eigenvalue weighted by atomic mass is 32.2. The molecule has 0 aliphatic heterocycles. The first-order valence-corrected chi connectivity index (χ1v) is 7.42. The molecule has 3 heteroatoms. The predicted octanol–water partition coefficient (Wildman–Crippen LogP) is 3.09. The van der Waals surface area contributed by atoms with Gasteiger partial charge in [0, 0.05) is 27.2 Å². The molecule has 80 valence electrons. The first-order valence-electron chi connectivity index (χ1n) is 5.06. The summed E-state index contributed by atoms with van der Waals surface area (Å²) in [7, 11) is -0.619. The molecule has 0 aliphatic carbocycles. The summed E-state index contributed by atoms with van der Waals surface area (Å²) in [5.41, 5.74) is 0. The summed E-state index contributed by atoms with van der Waals surface area (Å²) in [5, 5.41) is 2.08. The molecule has 0 bridgehead atoms. The van der Waals surface area contributed by atoms with E-state index in [1.807, 2.05) is 0 Å². The van der Waals surface area contributed by atoms with Crippen LogP contribution in [0.15, 0.2) is 17.5 Å². The van der Waals surface area contributed by atoms with Crippen molar-refractivity contribution in [2.45, 2.75) is 26.7 Å². The van der Waals surface area contributed by atoms with Crippen LogP contribution in [-0.2, 0) is 17.2 Å². The molecule has 0 aromatic carbocycles. The standard InChI is InChI=1S/C11H18OS2/c1-10(2)5-8-14(12)9-6-11-4-3-7-13-11/h3-4,7,10H,5-6,8-9H2,1-2H3/t14-/m1/s1. The van der Waals surface area contributed by atoms with Crippen molar-refractivity contribution >= 4 is 22.1 Å². The predicted molar refractivity (Wildman–Crippen MR) is 65.4 cm³/mol. The van der Waals surface area contributed by atoms with Gasteiger partial charge in [-0.15, -0.1) is 11.3 Å². The molecule has 0 saturated heterocycles. The smallest absolute Gasteiger partial charge is 0.0283 e. The topological polar surface area (TPSA) is 17.1 Å². The molecule has 0 unspecified atom stereocenters. The van der Waals surface area contributed by atoms with Crippen molar-refractivity contribution < 1.29 is 4.21 Å². The van der Waals surface area contributed by atoms with E-state index in [1.54, 1.807) is 11.3 Å². The Bertz CT molecular complexity index is 265. The maximum atomic E-state index is 11.6. The van der Waals surface area contributed by atoms with Gasteiger partial charge in [0.15, 0.2) is 0 Å². The number of hydrogen-bond acceptors (Lipinski definition) is 2. The summed E-state index contributed by atoms with van der Waals surface area (Å²) < 4.78 is 11.6. The second-order valence-corrected chi connectivity index (χ2v) is 6.59. The minimum absolute atomic E-state index is 0.619. The Hall–Kier alpha value is -0.150. The second-order valence-electron chi connectivity index (χ2n) is 3.86. The van der Waals surface area contributed by atoms with Gasteiger partial charge in [-0.2, -0.15) is 0 Å². The third-order valence-electron chi connectivity index (χ3n) is 2.08. The summed E-state index contributed by atoms with van der Waals surface area (Å²) in [6, 6.07) is 4.17. The molecular weight excluding hydrogens is 212 g/mol. The Morgan fingerprint density at radius 2 is 2.21 bits per heavy atom. The first-order chi connectivity index (χ1) is 6.68. The van der Waals surface area contributed by atoms with Crippen LogP contribution < -0.4 is 0 Å². The van der Waals surface area contributed by atoms with Crippen LogP contribution in [0.1, 0.15) is 25.1 Å². The highest BCUT2D eigenvalue weighted by Gasteiger charge is 2.03. The van der Waals surface area contributed by atoms with Crippen molar-refractivity contribution in [2.24, 2.45) is 5.92 Å². The Labute approximate surface area is 93.0 Å². The molecular formula is C11H18OS2. The van der Waals surface area contributed by atoms with Gasteiger partial charge in [0.2, 0.25) is 0 Å². The fourth-order valence-corrected chi connectivity index (χ4v) is 3.36. The average molecular weight is 230 g/mol. The highest BCUT2D eigenvalue weighted by molar-refractivity contribution is 7.84. The van der Waals surface area contributed by atoms with Crippen LogP contribution in [0.25, 0.3) is 0 Å². The summed E-state index contributed by atoms with van der Waals surface area (Å²) in [6.45, 7) is 4.35. The lowest BCUT2D eigenvalue weighted by Crippen LogP contribution is -2.06. The normalized spacial score (nSPS) is 13.4. The van der Waals surface area contributed by atoms with E-state index < -0.39 is 10.8 Å². The lowest BCUT2D eigenvalue weighted by Gasteiger charge is -2.03. The van der Waals surface area contributed by atoms with Gasteiger partial charge in [-0.25, -0.2) is 0 Å². The van der Waals surface area contributed by atoms with Crippen molar-refractivity contribution in [3.63, 3.8) is 0 Å². The zero-order valence-corrected chi connectivity index (χ0v) is 10.5. The van der Waals surface area contributed by atoms with Gasteiger partial charge in [-0.05, 0) is 30.2 Å². The first kappa shape index (κ1) is 11.9. The second kappa shape index (κ2) is 6.36. The molecule has 0 spiro atoms. The largest absolute Gasteiger partial charge is 0.260 e. The minimum Gasteiger partial charge on any atom is -0.260 e. The molecule has 1 aromatic rings. The van der Waals surface area contributed by atoms with Crippen LogP contribution >= 0.6 is 11.3 Å². The Kier molecular flexibility index (Phi) is 5.41. The summed E-state index contributed by atoms with van der Waals surface area (Å²) in [5.74, 6) is 2.36. The molecule has 0 fully saturated rings. The number of aryl methyl sites for hydroxylation is 1. The molecule has 1 aromatic heterocycles. The summed E-state index contributed by atoms with van der Waals surface area (Å²) in [4.78, 5) is 1.35. The Morgan fingerprint density at radius 3 is 2.79 bits per heavy atom. The van der Waals surface area contributed by atoms with Gasteiger partial charge in [0.05, 0.1) is 0 Å². The van der Waals surface area contributed by atoms with E-state index in [0.717, 1.165) is 24.3 Å². The molecule has 0 N–H and O–H groups in total. The SMILES string of the molecule is CC(C)CC[S@@](=O)CCc1cccs1. The van der Waals surface area contributed by atoms with Gasteiger partial charge in [0.25, 0.3) is 0 Å². The van der Waals surface area contributed by atoms with Gasteiger partial charge in [-0.1, -0.05) is 19.9 Å². The zero-order valence-electron chi connectivity index (χ0n) is 8.86. The molecule has 0 saturated carbocycles. The van der Waals surface area contributed by atoms with Gasteiger partial charge in [-0.3, -0.25) is 4.21 Å². The van der Waals surface area contributed by atoms with Crippen molar-refractivity contribution in [2.75, 3.05) is 11.5 Å². The average Bonchev–Trinajstić information content (AvgIpc) is 2.63. The third kappa shape index (κ3) is 4.91. The summed E-state index contributed by atoms with van der Waals surface area (Å²) >= 11 is 1.75. The van der Waals surface area contributed by atoms with Crippen LogP contribution in [0.2, 0.25) is 0 Å². The van der Waals surface area contributed by atoms with Crippen LogP contribution in [0.5, 0.6) is 0 Å². The van der Waals surface area contributed by atoms with E-state index in [9.17, 15) is 4.21 Å². The molecule has 0 radical (unpaired) electrons.